The quantitative estimate of drug-likeness (QED) is 0.465. The average molecular weight is 236 g/mol. The van der Waals surface area contributed by atoms with Crippen LogP contribution in [0.15, 0.2) is 11.5 Å². The molecule has 0 aromatic heterocycles. The molecule has 0 aromatic carbocycles. The summed E-state index contributed by atoms with van der Waals surface area (Å²) in [4.78, 5) is 0. The van der Waals surface area contributed by atoms with Crippen molar-refractivity contribution in [3.8, 4) is 0 Å². The Labute approximate surface area is 125 Å². The van der Waals surface area contributed by atoms with E-state index in [9.17, 15) is 12.9 Å². The predicted molar refractivity (Wildman–Crippen MR) is 45.3 cm³/mol. The van der Waals surface area contributed by atoms with Crippen LogP contribution in [-0.4, -0.2) is 27.5 Å². The summed E-state index contributed by atoms with van der Waals surface area (Å²) >= 11 is 0. The number of halogens is 3. The molecule has 0 amide bonds. The molecule has 0 bridgehead atoms. The van der Waals surface area contributed by atoms with E-state index < -0.39 is 13.3 Å². The molecular weight excluding hydrogens is 223 g/mol. The van der Waals surface area contributed by atoms with E-state index in [1.54, 1.807) is 0 Å². The van der Waals surface area contributed by atoms with E-state index in [1.165, 1.54) is 21.1 Å². The van der Waals surface area contributed by atoms with Crippen molar-refractivity contribution in [3.05, 3.63) is 11.5 Å². The number of hydrogen-bond acceptors (Lipinski definition) is 2. The molecule has 2 nitrogen and oxygen atoms in total. The Balaban J connectivity index is 0. The summed E-state index contributed by atoms with van der Waals surface area (Å²) in [6.45, 7) is -3.46. The minimum atomic E-state index is -4.86. The van der Waals surface area contributed by atoms with Crippen molar-refractivity contribution in [2.75, 3.05) is 14.2 Å². The maximum absolute atomic E-state index is 11.9. The molecule has 0 aliphatic carbocycles. The summed E-state index contributed by atoms with van der Waals surface area (Å²) in [5.74, 6) is 0.311. The molecular formula is C7H13BF3KO2. The molecule has 0 atom stereocenters. The van der Waals surface area contributed by atoms with Crippen molar-refractivity contribution < 1.29 is 73.8 Å². The maximum Gasteiger partial charge on any atom is 1.00 e. The van der Waals surface area contributed by atoms with Gasteiger partial charge in [-0.2, -0.15) is 0 Å². The van der Waals surface area contributed by atoms with Crippen LogP contribution in [0.1, 0.15) is 13.3 Å². The molecule has 78 valence electrons. The second-order valence-electron chi connectivity index (χ2n) is 2.74. The van der Waals surface area contributed by atoms with Crippen molar-refractivity contribution in [1.29, 1.82) is 0 Å². The smallest absolute Gasteiger partial charge is 0.445 e. The summed E-state index contributed by atoms with van der Waals surface area (Å²) < 4.78 is 45.1. The van der Waals surface area contributed by atoms with E-state index in [0.29, 0.717) is 5.98 Å². The first-order valence-electron chi connectivity index (χ1n) is 3.83. The molecule has 0 saturated carbocycles. The second kappa shape index (κ2) is 8.32. The van der Waals surface area contributed by atoms with E-state index in [-0.39, 0.29) is 63.4 Å². The molecule has 0 rings (SSSR count). The van der Waals surface area contributed by atoms with Gasteiger partial charge < -0.3 is 22.4 Å². The van der Waals surface area contributed by atoms with E-state index >= 15 is 0 Å². The summed E-state index contributed by atoms with van der Waals surface area (Å²) in [7, 11) is 2.78. The minimum absolute atomic E-state index is 0. The van der Waals surface area contributed by atoms with Gasteiger partial charge in [0.2, 0.25) is 0 Å². The number of hydrogen-bond donors (Lipinski definition) is 0. The van der Waals surface area contributed by atoms with Crippen LogP contribution in [-0.2, 0) is 9.47 Å². The number of ether oxygens (including phenoxy) is 2. The molecule has 0 N–H and O–H groups in total. The average Bonchev–Trinajstić information content (AvgIpc) is 1.96. The van der Waals surface area contributed by atoms with Crippen LogP contribution in [0, 0.1) is 0 Å². The number of methoxy groups -OCH3 is 2. The molecule has 0 aliphatic rings. The standard InChI is InChI=1S/C7H13BF3O2.K/c1-6(5-8(9,10)11)4-7(12-2)13-3;/h5,7H,4H2,1-3H3;/q-1;+1/b6-5+;. The van der Waals surface area contributed by atoms with Crippen LogP contribution < -0.4 is 51.4 Å². The van der Waals surface area contributed by atoms with Crippen LogP contribution in [0.4, 0.5) is 12.9 Å². The Morgan fingerprint density at radius 2 is 1.71 bits per heavy atom. The van der Waals surface area contributed by atoms with Gasteiger partial charge in [-0.1, -0.05) is 0 Å². The third-order valence-electron chi connectivity index (χ3n) is 1.49. The molecule has 0 saturated heterocycles. The van der Waals surface area contributed by atoms with Gasteiger partial charge in [-0.05, 0) is 6.92 Å². The molecule has 7 heteroatoms. The molecule has 14 heavy (non-hydrogen) atoms. The summed E-state index contributed by atoms with van der Waals surface area (Å²) in [5.41, 5.74) is 0.209. The van der Waals surface area contributed by atoms with Gasteiger partial charge in [-0.15, -0.1) is 11.5 Å². The summed E-state index contributed by atoms with van der Waals surface area (Å²) in [6.07, 6.45) is -0.469. The molecule has 0 aliphatic heterocycles. The Bertz CT molecular complexity index is 180. The van der Waals surface area contributed by atoms with E-state index in [0.717, 1.165) is 0 Å². The van der Waals surface area contributed by atoms with E-state index in [4.69, 9.17) is 9.47 Å². The van der Waals surface area contributed by atoms with Crippen LogP contribution in [0.5, 0.6) is 0 Å². The zero-order valence-corrected chi connectivity index (χ0v) is 12.0. The van der Waals surface area contributed by atoms with Gasteiger partial charge in [0.1, 0.15) is 0 Å². The third kappa shape index (κ3) is 9.70. The zero-order chi connectivity index (χ0) is 10.5. The van der Waals surface area contributed by atoms with Gasteiger partial charge in [0.15, 0.2) is 6.29 Å². The first-order valence-corrected chi connectivity index (χ1v) is 3.83. The first kappa shape index (κ1) is 17.5. The third-order valence-corrected chi connectivity index (χ3v) is 1.49. The van der Waals surface area contributed by atoms with Crippen molar-refractivity contribution in [1.82, 2.24) is 0 Å². The van der Waals surface area contributed by atoms with Gasteiger partial charge in [0.05, 0.1) is 0 Å². The summed E-state index contributed by atoms with van der Waals surface area (Å²) in [6, 6.07) is 0. The molecule has 0 aromatic rings. The van der Waals surface area contributed by atoms with Crippen molar-refractivity contribution in [2.45, 2.75) is 19.6 Å². The molecule has 0 heterocycles. The van der Waals surface area contributed by atoms with Crippen LogP contribution in [0.2, 0.25) is 0 Å². The largest absolute Gasteiger partial charge is 1.00 e. The van der Waals surface area contributed by atoms with Gasteiger partial charge in [0.25, 0.3) is 0 Å². The molecule has 0 fully saturated rings. The molecule has 0 spiro atoms. The van der Waals surface area contributed by atoms with Gasteiger partial charge >= 0.3 is 58.4 Å². The van der Waals surface area contributed by atoms with Crippen LogP contribution >= 0.6 is 0 Å². The Morgan fingerprint density at radius 3 is 2.00 bits per heavy atom. The predicted octanol–water partition coefficient (Wildman–Crippen LogP) is -0.668. The van der Waals surface area contributed by atoms with Crippen molar-refractivity contribution >= 4 is 6.98 Å². The fourth-order valence-electron chi connectivity index (χ4n) is 0.916. The Morgan fingerprint density at radius 1 is 1.29 bits per heavy atom. The van der Waals surface area contributed by atoms with Gasteiger partial charge in [0, 0.05) is 20.6 Å². The topological polar surface area (TPSA) is 18.5 Å². The van der Waals surface area contributed by atoms with E-state index in [1.807, 2.05) is 0 Å². The number of rotatable bonds is 5. The van der Waals surface area contributed by atoms with Gasteiger partial charge in [-0.3, -0.25) is 0 Å². The SMILES string of the molecule is COC(C/C(C)=C/[B-](F)(F)F)OC.[K+]. The minimum Gasteiger partial charge on any atom is -0.445 e. The van der Waals surface area contributed by atoms with Crippen molar-refractivity contribution in [2.24, 2.45) is 0 Å². The fourth-order valence-corrected chi connectivity index (χ4v) is 0.916. The Kier molecular flexibility index (Phi) is 10.4. The van der Waals surface area contributed by atoms with E-state index in [2.05, 4.69) is 0 Å². The fraction of sp³-hybridized carbons (Fsp3) is 0.714. The maximum atomic E-state index is 11.9. The van der Waals surface area contributed by atoms with Gasteiger partial charge in [-0.25, -0.2) is 0 Å². The van der Waals surface area contributed by atoms with Crippen LogP contribution in [0.25, 0.3) is 0 Å². The zero-order valence-electron chi connectivity index (χ0n) is 8.89. The first-order chi connectivity index (χ1) is 5.89. The normalized spacial score (nSPS) is 12.9. The summed E-state index contributed by atoms with van der Waals surface area (Å²) in [5, 5.41) is 0. The van der Waals surface area contributed by atoms with Crippen LogP contribution in [0.3, 0.4) is 0 Å². The monoisotopic (exact) mass is 236 g/mol. The Hall–Kier alpha value is 1.15. The van der Waals surface area contributed by atoms with Crippen molar-refractivity contribution in [3.63, 3.8) is 0 Å². The molecule has 0 unspecified atom stereocenters. The second-order valence-corrected chi connectivity index (χ2v) is 2.74. The molecule has 0 radical (unpaired) electrons.